The first-order chi connectivity index (χ1) is 6.26. The molecular formula is C10H5ClN2. The Morgan fingerprint density at radius 2 is 1.69 bits per heavy atom. The number of allylic oxidation sites excluding steroid dienone is 1. The van der Waals surface area contributed by atoms with Gasteiger partial charge in [-0.15, -0.1) is 0 Å². The Morgan fingerprint density at radius 3 is 2.15 bits per heavy atom. The molecule has 0 fully saturated rings. The summed E-state index contributed by atoms with van der Waals surface area (Å²) in [7, 11) is 0. The van der Waals surface area contributed by atoms with Gasteiger partial charge in [0.25, 0.3) is 0 Å². The fraction of sp³-hybridized carbons (Fsp3) is 0. The molecule has 0 aromatic heterocycles. The molecule has 0 N–H and O–H groups in total. The first-order valence-electron chi connectivity index (χ1n) is 3.53. The van der Waals surface area contributed by atoms with Crippen LogP contribution in [0.4, 0.5) is 0 Å². The van der Waals surface area contributed by atoms with Crippen LogP contribution in [-0.2, 0) is 0 Å². The molecule has 0 saturated carbocycles. The summed E-state index contributed by atoms with van der Waals surface area (Å²) >= 11 is 5.67. The molecule has 0 heterocycles. The molecule has 0 aliphatic rings. The maximum absolute atomic E-state index is 8.48. The van der Waals surface area contributed by atoms with Crippen molar-refractivity contribution in [1.82, 2.24) is 0 Å². The fourth-order valence-corrected chi connectivity index (χ4v) is 0.941. The van der Waals surface area contributed by atoms with Crippen LogP contribution < -0.4 is 0 Å². The third-order valence-corrected chi connectivity index (χ3v) is 1.67. The van der Waals surface area contributed by atoms with E-state index in [-0.39, 0.29) is 5.57 Å². The van der Waals surface area contributed by atoms with Gasteiger partial charge in [0.15, 0.2) is 0 Å². The van der Waals surface area contributed by atoms with Crippen LogP contribution >= 0.6 is 11.6 Å². The van der Waals surface area contributed by atoms with E-state index in [1.807, 2.05) is 0 Å². The second kappa shape index (κ2) is 4.30. The summed E-state index contributed by atoms with van der Waals surface area (Å²) in [6, 6.07) is 10.5. The Labute approximate surface area is 81.3 Å². The summed E-state index contributed by atoms with van der Waals surface area (Å²) in [5.74, 6) is 0. The van der Waals surface area contributed by atoms with Crippen LogP contribution in [0.3, 0.4) is 0 Å². The predicted molar refractivity (Wildman–Crippen MR) is 50.7 cm³/mol. The maximum atomic E-state index is 8.48. The van der Waals surface area contributed by atoms with Gasteiger partial charge in [-0.3, -0.25) is 0 Å². The van der Waals surface area contributed by atoms with Crippen molar-refractivity contribution >= 4 is 17.7 Å². The quantitative estimate of drug-likeness (QED) is 0.637. The van der Waals surface area contributed by atoms with Crippen molar-refractivity contribution < 1.29 is 0 Å². The molecule has 0 aliphatic carbocycles. The van der Waals surface area contributed by atoms with E-state index in [4.69, 9.17) is 22.1 Å². The molecule has 1 aromatic rings. The average molecular weight is 189 g/mol. The fourth-order valence-electron chi connectivity index (χ4n) is 0.815. The molecule has 0 saturated heterocycles. The number of nitrogens with zero attached hydrogens (tertiary/aromatic N) is 2. The topological polar surface area (TPSA) is 47.6 Å². The van der Waals surface area contributed by atoms with E-state index in [1.54, 1.807) is 36.4 Å². The van der Waals surface area contributed by atoms with Gasteiger partial charge in [0.1, 0.15) is 17.7 Å². The molecule has 1 aromatic carbocycles. The summed E-state index contributed by atoms with van der Waals surface area (Å²) < 4.78 is 0. The van der Waals surface area contributed by atoms with Gasteiger partial charge in [-0.25, -0.2) is 0 Å². The molecule has 0 aliphatic heterocycles. The zero-order valence-corrected chi connectivity index (χ0v) is 7.42. The van der Waals surface area contributed by atoms with Gasteiger partial charge in [0.2, 0.25) is 0 Å². The standard InChI is InChI=1S/C10H5ClN2/c11-10-3-1-8(2-4-10)5-9(6-12)7-13/h1-5H. The van der Waals surface area contributed by atoms with Gasteiger partial charge in [0, 0.05) is 5.02 Å². The Morgan fingerprint density at radius 1 is 1.15 bits per heavy atom. The van der Waals surface area contributed by atoms with Crippen molar-refractivity contribution in [3.05, 3.63) is 40.4 Å². The molecule has 0 bridgehead atoms. The summed E-state index contributed by atoms with van der Waals surface area (Å²) in [6.45, 7) is 0. The first-order valence-corrected chi connectivity index (χ1v) is 3.91. The van der Waals surface area contributed by atoms with Crippen LogP contribution in [0.25, 0.3) is 6.08 Å². The molecule has 2 nitrogen and oxygen atoms in total. The SMILES string of the molecule is N#CC(C#N)=Cc1ccc(Cl)cc1. The van der Waals surface area contributed by atoms with E-state index in [0.29, 0.717) is 5.02 Å². The van der Waals surface area contributed by atoms with Crippen molar-refractivity contribution in [2.24, 2.45) is 0 Å². The van der Waals surface area contributed by atoms with Gasteiger partial charge in [-0.1, -0.05) is 23.7 Å². The molecule has 3 heteroatoms. The average Bonchev–Trinajstić information content (AvgIpc) is 2.17. The second-order valence-corrected chi connectivity index (χ2v) is 2.77. The Hall–Kier alpha value is -1.77. The van der Waals surface area contributed by atoms with E-state index in [2.05, 4.69) is 0 Å². The summed E-state index contributed by atoms with van der Waals surface area (Å²) in [6.07, 6.45) is 1.51. The van der Waals surface area contributed by atoms with Crippen LogP contribution in [0.5, 0.6) is 0 Å². The van der Waals surface area contributed by atoms with Crippen LogP contribution in [0.2, 0.25) is 5.02 Å². The summed E-state index contributed by atoms with van der Waals surface area (Å²) in [5.41, 5.74) is 0.879. The van der Waals surface area contributed by atoms with Gasteiger partial charge < -0.3 is 0 Å². The molecule has 0 unspecified atom stereocenters. The Bertz CT molecular complexity index is 388. The first kappa shape index (κ1) is 9.32. The van der Waals surface area contributed by atoms with Gasteiger partial charge in [-0.2, -0.15) is 10.5 Å². The number of hydrogen-bond acceptors (Lipinski definition) is 2. The van der Waals surface area contributed by atoms with E-state index >= 15 is 0 Å². The zero-order valence-electron chi connectivity index (χ0n) is 6.66. The minimum Gasteiger partial charge on any atom is -0.192 e. The van der Waals surface area contributed by atoms with Crippen LogP contribution in [0.15, 0.2) is 29.8 Å². The van der Waals surface area contributed by atoms with E-state index in [0.717, 1.165) is 5.56 Å². The lowest BCUT2D eigenvalue weighted by Crippen LogP contribution is -1.74. The van der Waals surface area contributed by atoms with E-state index < -0.39 is 0 Å². The highest BCUT2D eigenvalue weighted by Crippen LogP contribution is 2.11. The van der Waals surface area contributed by atoms with Gasteiger partial charge in [0.05, 0.1) is 0 Å². The number of nitriles is 2. The highest BCUT2D eigenvalue weighted by atomic mass is 35.5. The lowest BCUT2D eigenvalue weighted by atomic mass is 10.1. The lowest BCUT2D eigenvalue weighted by molar-refractivity contribution is 1.47. The monoisotopic (exact) mass is 188 g/mol. The summed E-state index contributed by atoms with van der Waals surface area (Å²) in [5, 5.41) is 17.6. The van der Waals surface area contributed by atoms with Crippen molar-refractivity contribution in [2.45, 2.75) is 0 Å². The smallest absolute Gasteiger partial charge is 0.130 e. The van der Waals surface area contributed by atoms with Gasteiger partial charge >= 0.3 is 0 Å². The third-order valence-electron chi connectivity index (χ3n) is 1.42. The van der Waals surface area contributed by atoms with Crippen molar-refractivity contribution in [3.63, 3.8) is 0 Å². The van der Waals surface area contributed by atoms with Crippen LogP contribution in [0, 0.1) is 22.7 Å². The third kappa shape index (κ3) is 2.63. The Kier molecular flexibility index (Phi) is 3.09. The molecule has 0 atom stereocenters. The number of rotatable bonds is 1. The molecule has 0 amide bonds. The number of halogens is 1. The largest absolute Gasteiger partial charge is 0.192 e. The summed E-state index contributed by atoms with van der Waals surface area (Å²) in [4.78, 5) is 0. The van der Waals surface area contributed by atoms with E-state index in [1.165, 1.54) is 6.08 Å². The molecular weight excluding hydrogens is 184 g/mol. The normalized spacial score (nSPS) is 8.23. The minimum atomic E-state index is 0.0855. The number of benzene rings is 1. The minimum absolute atomic E-state index is 0.0855. The van der Waals surface area contributed by atoms with E-state index in [9.17, 15) is 0 Å². The highest BCUT2D eigenvalue weighted by Gasteiger charge is 1.93. The van der Waals surface area contributed by atoms with Gasteiger partial charge in [-0.05, 0) is 23.8 Å². The predicted octanol–water partition coefficient (Wildman–Crippen LogP) is 2.77. The number of hydrogen-bond donors (Lipinski definition) is 0. The van der Waals surface area contributed by atoms with Crippen LogP contribution in [0.1, 0.15) is 5.56 Å². The van der Waals surface area contributed by atoms with Crippen molar-refractivity contribution in [3.8, 4) is 12.1 Å². The molecule has 0 spiro atoms. The zero-order chi connectivity index (χ0) is 9.68. The maximum Gasteiger partial charge on any atom is 0.130 e. The highest BCUT2D eigenvalue weighted by molar-refractivity contribution is 6.30. The molecule has 62 valence electrons. The van der Waals surface area contributed by atoms with Crippen LogP contribution in [-0.4, -0.2) is 0 Å². The van der Waals surface area contributed by atoms with Crippen molar-refractivity contribution in [1.29, 1.82) is 10.5 Å². The second-order valence-electron chi connectivity index (χ2n) is 2.33. The lowest BCUT2D eigenvalue weighted by Gasteiger charge is -1.92. The molecule has 1 rings (SSSR count). The van der Waals surface area contributed by atoms with Crippen molar-refractivity contribution in [2.75, 3.05) is 0 Å². The molecule has 13 heavy (non-hydrogen) atoms. The molecule has 0 radical (unpaired) electrons. The Balaban J connectivity index is 3.00.